The fourth-order valence-corrected chi connectivity index (χ4v) is 2.37. The highest BCUT2D eigenvalue weighted by atomic mass is 16.5. The largest absolute Gasteiger partial charge is 0.370 e. The molecule has 0 aromatic rings. The van der Waals surface area contributed by atoms with Crippen molar-refractivity contribution in [2.45, 2.75) is 64.4 Å². The summed E-state index contributed by atoms with van der Waals surface area (Å²) >= 11 is 0. The van der Waals surface area contributed by atoms with Crippen LogP contribution in [0, 0.1) is 5.92 Å². The molecule has 0 N–H and O–H groups in total. The minimum atomic E-state index is -0.423. The number of carbonyl (C=O) groups is 1. The summed E-state index contributed by atoms with van der Waals surface area (Å²) in [7, 11) is 1.69. The Labute approximate surface area is 93.4 Å². The molecule has 0 radical (unpaired) electrons. The van der Waals surface area contributed by atoms with E-state index in [-0.39, 0.29) is 0 Å². The van der Waals surface area contributed by atoms with Gasteiger partial charge in [0.15, 0.2) is 5.78 Å². The Morgan fingerprint density at radius 3 is 2.33 bits per heavy atom. The van der Waals surface area contributed by atoms with E-state index >= 15 is 0 Å². The maximum absolute atomic E-state index is 12.1. The van der Waals surface area contributed by atoms with Crippen molar-refractivity contribution in [3.63, 3.8) is 0 Å². The quantitative estimate of drug-likeness (QED) is 0.698. The van der Waals surface area contributed by atoms with E-state index in [2.05, 4.69) is 13.8 Å². The minimum Gasteiger partial charge on any atom is -0.370 e. The Morgan fingerprint density at radius 1 is 1.27 bits per heavy atom. The molecule has 0 spiro atoms. The van der Waals surface area contributed by atoms with E-state index < -0.39 is 5.60 Å². The van der Waals surface area contributed by atoms with Gasteiger partial charge in [-0.3, -0.25) is 4.79 Å². The summed E-state index contributed by atoms with van der Waals surface area (Å²) in [6.45, 7) is 4.32. The first-order valence-corrected chi connectivity index (χ1v) is 6.19. The normalized spacial score (nSPS) is 20.5. The molecule has 0 aliphatic heterocycles. The van der Waals surface area contributed by atoms with E-state index in [0.717, 1.165) is 32.1 Å². The van der Waals surface area contributed by atoms with Crippen LogP contribution in [0.5, 0.6) is 0 Å². The summed E-state index contributed by atoms with van der Waals surface area (Å²) < 4.78 is 5.52. The Kier molecular flexibility index (Phi) is 4.78. The van der Waals surface area contributed by atoms with E-state index in [1.54, 1.807) is 7.11 Å². The van der Waals surface area contributed by atoms with E-state index in [9.17, 15) is 4.79 Å². The van der Waals surface area contributed by atoms with Crippen LogP contribution in [0.25, 0.3) is 0 Å². The fraction of sp³-hybridized carbons (Fsp3) is 0.923. The highest BCUT2D eigenvalue weighted by Crippen LogP contribution is 2.33. The monoisotopic (exact) mass is 212 g/mol. The predicted octanol–water partition coefficient (Wildman–Crippen LogP) is 3.34. The second-order valence-corrected chi connectivity index (χ2v) is 5.11. The molecule has 0 saturated heterocycles. The molecule has 1 saturated carbocycles. The first kappa shape index (κ1) is 12.7. The van der Waals surface area contributed by atoms with E-state index in [1.165, 1.54) is 6.42 Å². The maximum atomic E-state index is 12.1. The van der Waals surface area contributed by atoms with Crippen molar-refractivity contribution >= 4 is 5.78 Å². The molecule has 1 rings (SSSR count). The van der Waals surface area contributed by atoms with Crippen LogP contribution < -0.4 is 0 Å². The number of carbonyl (C=O) groups excluding carboxylic acids is 1. The van der Waals surface area contributed by atoms with Gasteiger partial charge in [0.1, 0.15) is 5.60 Å². The van der Waals surface area contributed by atoms with Crippen molar-refractivity contribution < 1.29 is 9.53 Å². The van der Waals surface area contributed by atoms with Gasteiger partial charge in [0, 0.05) is 13.5 Å². The smallest absolute Gasteiger partial charge is 0.164 e. The van der Waals surface area contributed by atoms with Crippen LogP contribution >= 0.6 is 0 Å². The molecule has 2 heteroatoms. The molecular weight excluding hydrogens is 188 g/mol. The lowest BCUT2D eigenvalue weighted by Gasteiger charge is -2.34. The van der Waals surface area contributed by atoms with Crippen LogP contribution in [0.4, 0.5) is 0 Å². The van der Waals surface area contributed by atoms with Crippen molar-refractivity contribution in [3.05, 3.63) is 0 Å². The molecule has 1 aliphatic carbocycles. The van der Waals surface area contributed by atoms with Crippen LogP contribution in [-0.2, 0) is 9.53 Å². The van der Waals surface area contributed by atoms with Crippen LogP contribution in [0.1, 0.15) is 58.8 Å². The second kappa shape index (κ2) is 5.64. The molecule has 0 heterocycles. The van der Waals surface area contributed by atoms with Gasteiger partial charge in [0.25, 0.3) is 0 Å². The maximum Gasteiger partial charge on any atom is 0.164 e. The van der Waals surface area contributed by atoms with Gasteiger partial charge in [-0.25, -0.2) is 0 Å². The molecule has 2 nitrogen and oxygen atoms in total. The van der Waals surface area contributed by atoms with Crippen molar-refractivity contribution in [1.29, 1.82) is 0 Å². The Morgan fingerprint density at radius 2 is 1.87 bits per heavy atom. The summed E-state index contributed by atoms with van der Waals surface area (Å²) in [4.78, 5) is 12.1. The van der Waals surface area contributed by atoms with Crippen LogP contribution in [0.2, 0.25) is 0 Å². The number of ether oxygens (including phenoxy) is 1. The SMILES string of the molecule is COC1(C(=O)CCC(C)C)CCCCC1. The third kappa shape index (κ3) is 3.30. The number of methoxy groups -OCH3 is 1. The Balaban J connectivity index is 2.52. The van der Waals surface area contributed by atoms with E-state index in [1.807, 2.05) is 0 Å². The third-order valence-corrected chi connectivity index (χ3v) is 3.51. The van der Waals surface area contributed by atoms with Gasteiger partial charge in [-0.15, -0.1) is 0 Å². The fourth-order valence-electron chi connectivity index (χ4n) is 2.37. The Bertz CT molecular complexity index is 203. The summed E-state index contributed by atoms with van der Waals surface area (Å²) in [5.41, 5.74) is -0.423. The topological polar surface area (TPSA) is 26.3 Å². The number of ketones is 1. The molecule has 0 aromatic heterocycles. The average molecular weight is 212 g/mol. The molecule has 15 heavy (non-hydrogen) atoms. The van der Waals surface area contributed by atoms with Gasteiger partial charge in [0.2, 0.25) is 0 Å². The molecule has 88 valence electrons. The minimum absolute atomic E-state index is 0.332. The molecule has 0 bridgehead atoms. The first-order chi connectivity index (χ1) is 7.10. The van der Waals surface area contributed by atoms with Crippen LogP contribution in [0.3, 0.4) is 0 Å². The van der Waals surface area contributed by atoms with Crippen molar-refractivity contribution in [2.75, 3.05) is 7.11 Å². The molecule has 1 aliphatic rings. The summed E-state index contributed by atoms with van der Waals surface area (Å²) in [5, 5.41) is 0. The summed E-state index contributed by atoms with van der Waals surface area (Å²) in [6, 6.07) is 0. The lowest BCUT2D eigenvalue weighted by Crippen LogP contribution is -2.42. The third-order valence-electron chi connectivity index (χ3n) is 3.51. The zero-order valence-electron chi connectivity index (χ0n) is 10.3. The van der Waals surface area contributed by atoms with Crippen LogP contribution in [-0.4, -0.2) is 18.5 Å². The zero-order chi connectivity index (χ0) is 11.3. The van der Waals surface area contributed by atoms with Crippen molar-refractivity contribution in [3.8, 4) is 0 Å². The molecular formula is C13H24O2. The molecule has 0 amide bonds. The highest BCUT2D eigenvalue weighted by molar-refractivity contribution is 5.87. The number of Topliss-reactive ketones (excluding diaryl/α,β-unsaturated/α-hetero) is 1. The number of hydrogen-bond acceptors (Lipinski definition) is 2. The number of hydrogen-bond donors (Lipinski definition) is 0. The first-order valence-electron chi connectivity index (χ1n) is 6.19. The van der Waals surface area contributed by atoms with Gasteiger partial charge in [-0.1, -0.05) is 33.1 Å². The van der Waals surface area contributed by atoms with Gasteiger partial charge in [-0.2, -0.15) is 0 Å². The number of rotatable bonds is 5. The van der Waals surface area contributed by atoms with Crippen LogP contribution in [0.15, 0.2) is 0 Å². The molecule has 0 atom stereocenters. The lowest BCUT2D eigenvalue weighted by molar-refractivity contribution is -0.145. The summed E-state index contributed by atoms with van der Waals surface area (Å²) in [6.07, 6.45) is 7.07. The highest BCUT2D eigenvalue weighted by Gasteiger charge is 2.38. The molecule has 0 unspecified atom stereocenters. The lowest BCUT2D eigenvalue weighted by atomic mass is 9.79. The average Bonchev–Trinajstić information content (AvgIpc) is 2.26. The van der Waals surface area contributed by atoms with Gasteiger partial charge in [0.05, 0.1) is 0 Å². The second-order valence-electron chi connectivity index (χ2n) is 5.11. The molecule has 1 fully saturated rings. The standard InChI is InChI=1S/C13H24O2/c1-11(2)7-8-12(14)13(15-3)9-5-4-6-10-13/h11H,4-10H2,1-3H3. The Hall–Kier alpha value is -0.370. The van der Waals surface area contributed by atoms with E-state index in [0.29, 0.717) is 18.1 Å². The summed E-state index contributed by atoms with van der Waals surface area (Å²) in [5.74, 6) is 0.935. The van der Waals surface area contributed by atoms with E-state index in [4.69, 9.17) is 4.74 Å². The van der Waals surface area contributed by atoms with Gasteiger partial charge in [-0.05, 0) is 25.2 Å². The van der Waals surface area contributed by atoms with Gasteiger partial charge < -0.3 is 4.74 Å². The van der Waals surface area contributed by atoms with Gasteiger partial charge >= 0.3 is 0 Å². The molecule has 0 aromatic carbocycles. The van der Waals surface area contributed by atoms with Crippen molar-refractivity contribution in [1.82, 2.24) is 0 Å². The predicted molar refractivity (Wildman–Crippen MR) is 61.9 cm³/mol. The zero-order valence-corrected chi connectivity index (χ0v) is 10.3. The van der Waals surface area contributed by atoms with Crippen molar-refractivity contribution in [2.24, 2.45) is 5.92 Å².